The number of para-hydroxylation sites is 1. The Labute approximate surface area is 187 Å². The van der Waals surface area contributed by atoms with Gasteiger partial charge in [0.15, 0.2) is 11.5 Å². The number of nitrogens with one attached hydrogen (secondary N) is 1. The molecule has 3 aromatic rings. The summed E-state index contributed by atoms with van der Waals surface area (Å²) in [7, 11) is 2.73. The first-order valence-electron chi connectivity index (χ1n) is 9.16. The van der Waals surface area contributed by atoms with Crippen LogP contribution in [0.4, 0.5) is 4.39 Å². The number of rotatable bonds is 8. The van der Waals surface area contributed by atoms with Gasteiger partial charge in [0, 0.05) is 17.6 Å². The van der Waals surface area contributed by atoms with Crippen molar-refractivity contribution in [2.75, 3.05) is 14.2 Å². The molecule has 0 fully saturated rings. The molecular formula is C21H18ClFN4O5. The molecule has 32 heavy (non-hydrogen) atoms. The molecule has 0 saturated carbocycles. The van der Waals surface area contributed by atoms with Gasteiger partial charge in [-0.3, -0.25) is 14.6 Å². The summed E-state index contributed by atoms with van der Waals surface area (Å²) in [4.78, 5) is 34.7. The maximum Gasteiger partial charge on any atom is 0.312 e. The molecule has 1 aromatic heterocycles. The van der Waals surface area contributed by atoms with Crippen LogP contribution in [0.3, 0.4) is 0 Å². The summed E-state index contributed by atoms with van der Waals surface area (Å²) in [5, 5.41) is 6.61. The molecular weight excluding hydrogens is 443 g/mol. The predicted octanol–water partition coefficient (Wildman–Crippen LogP) is 3.84. The minimum Gasteiger partial charge on any atom is -0.436 e. The average molecular weight is 461 g/mol. The molecule has 1 N–H and O–H groups in total. The van der Waals surface area contributed by atoms with Crippen molar-refractivity contribution in [1.82, 2.24) is 15.3 Å². The van der Waals surface area contributed by atoms with E-state index in [0.29, 0.717) is 16.3 Å². The zero-order valence-electron chi connectivity index (χ0n) is 17.3. The van der Waals surface area contributed by atoms with E-state index in [9.17, 15) is 9.18 Å². The molecule has 0 bridgehead atoms. The van der Waals surface area contributed by atoms with Crippen LogP contribution in [0.25, 0.3) is 0 Å². The van der Waals surface area contributed by atoms with Gasteiger partial charge in [0.05, 0.1) is 5.56 Å². The summed E-state index contributed by atoms with van der Waals surface area (Å²) in [5.41, 5.74) is 0.783. The quantitative estimate of drug-likeness (QED) is 0.309. The smallest absolute Gasteiger partial charge is 0.312 e. The average Bonchev–Trinajstić information content (AvgIpc) is 2.80. The number of carbonyl (C=O) groups is 1. The van der Waals surface area contributed by atoms with E-state index in [0.717, 1.165) is 6.33 Å². The van der Waals surface area contributed by atoms with E-state index in [1.54, 1.807) is 43.3 Å². The first-order chi connectivity index (χ1) is 15.5. The number of carbonyl (C=O) groups excluding carboxylic acids is 1. The highest BCUT2D eigenvalue weighted by Gasteiger charge is 2.21. The summed E-state index contributed by atoms with van der Waals surface area (Å²) >= 11 is 6.07. The molecule has 0 spiro atoms. The lowest BCUT2D eigenvalue weighted by Gasteiger charge is -2.12. The molecule has 0 aliphatic carbocycles. The predicted molar refractivity (Wildman–Crippen MR) is 114 cm³/mol. The molecule has 0 unspecified atom stereocenters. The summed E-state index contributed by atoms with van der Waals surface area (Å²) in [6.45, 7) is 1.72. The lowest BCUT2D eigenvalue weighted by atomic mass is 10.1. The molecule has 2 aromatic carbocycles. The summed E-state index contributed by atoms with van der Waals surface area (Å²) < 4.78 is 20.4. The van der Waals surface area contributed by atoms with Crippen LogP contribution in [0.15, 0.2) is 53.9 Å². The van der Waals surface area contributed by atoms with Gasteiger partial charge in [-0.15, -0.1) is 0 Å². The first kappa shape index (κ1) is 22.8. The third kappa shape index (κ3) is 5.03. The van der Waals surface area contributed by atoms with Gasteiger partial charge in [0.2, 0.25) is 0 Å². The van der Waals surface area contributed by atoms with Gasteiger partial charge in [-0.1, -0.05) is 35.0 Å². The van der Waals surface area contributed by atoms with Crippen molar-refractivity contribution in [3.05, 3.63) is 70.8 Å². The van der Waals surface area contributed by atoms with Gasteiger partial charge in [-0.2, -0.15) is 14.4 Å². The van der Waals surface area contributed by atoms with E-state index >= 15 is 0 Å². The SMILES string of the molecule is CNC(=O)/C(=N/OC)c1ccccc1OOc1ncnc(Oc2cccc(Cl)c2C)c1F. The van der Waals surface area contributed by atoms with Crippen LogP contribution in [0, 0.1) is 12.7 Å². The van der Waals surface area contributed by atoms with Crippen molar-refractivity contribution in [3.63, 3.8) is 0 Å². The summed E-state index contributed by atoms with van der Waals surface area (Å²) in [6, 6.07) is 11.3. The first-order valence-corrected chi connectivity index (χ1v) is 9.54. The van der Waals surface area contributed by atoms with Crippen LogP contribution in [-0.4, -0.2) is 35.7 Å². The minimum atomic E-state index is -0.999. The highest BCUT2D eigenvalue weighted by atomic mass is 35.5. The normalized spacial score (nSPS) is 11.0. The van der Waals surface area contributed by atoms with Crippen LogP contribution >= 0.6 is 11.6 Å². The molecule has 0 atom stereocenters. The highest BCUT2D eigenvalue weighted by Crippen LogP contribution is 2.32. The second kappa shape index (κ2) is 10.4. The molecule has 1 heterocycles. The van der Waals surface area contributed by atoms with Gasteiger partial charge in [0.25, 0.3) is 17.6 Å². The fourth-order valence-corrected chi connectivity index (χ4v) is 2.68. The monoisotopic (exact) mass is 460 g/mol. The van der Waals surface area contributed by atoms with E-state index in [-0.39, 0.29) is 22.9 Å². The third-order valence-electron chi connectivity index (χ3n) is 4.13. The standard InChI is InChI=1S/C21H18ClFN4O5/c1-12-14(22)8-6-10-15(12)30-20-17(23)21(26-11-25-20)32-31-16-9-5-4-7-13(16)18(27-29-3)19(28)24-2/h4-11H,1-3H3,(H,24,28)/b27-18+. The fraction of sp³-hybridized carbons (Fsp3) is 0.143. The van der Waals surface area contributed by atoms with E-state index in [1.165, 1.54) is 20.2 Å². The van der Waals surface area contributed by atoms with Crippen molar-refractivity contribution in [2.45, 2.75) is 6.92 Å². The molecule has 166 valence electrons. The zero-order chi connectivity index (χ0) is 23.1. The second-order valence-electron chi connectivity index (χ2n) is 6.13. The van der Waals surface area contributed by atoms with Crippen LogP contribution < -0.4 is 19.8 Å². The van der Waals surface area contributed by atoms with E-state index < -0.39 is 17.6 Å². The third-order valence-corrected chi connectivity index (χ3v) is 4.54. The fourth-order valence-electron chi connectivity index (χ4n) is 2.51. The molecule has 9 nitrogen and oxygen atoms in total. The van der Waals surface area contributed by atoms with E-state index in [1.807, 2.05) is 0 Å². The molecule has 0 saturated heterocycles. The van der Waals surface area contributed by atoms with Gasteiger partial charge in [-0.05, 0) is 31.2 Å². The molecule has 0 aliphatic heterocycles. The largest absolute Gasteiger partial charge is 0.436 e. The minimum absolute atomic E-state index is 0.0677. The van der Waals surface area contributed by atoms with Crippen LogP contribution in [0.2, 0.25) is 5.02 Å². The lowest BCUT2D eigenvalue weighted by molar-refractivity contribution is -0.114. The van der Waals surface area contributed by atoms with Crippen molar-refractivity contribution >= 4 is 23.2 Å². The van der Waals surface area contributed by atoms with Crippen molar-refractivity contribution in [1.29, 1.82) is 0 Å². The second-order valence-corrected chi connectivity index (χ2v) is 6.53. The molecule has 0 radical (unpaired) electrons. The molecule has 3 rings (SSSR count). The number of hydrogen-bond acceptors (Lipinski definition) is 8. The number of aromatic nitrogens is 2. The molecule has 0 aliphatic rings. The Morgan fingerprint density at radius 1 is 1.06 bits per heavy atom. The molecule has 11 heteroatoms. The Morgan fingerprint density at radius 2 is 1.78 bits per heavy atom. The van der Waals surface area contributed by atoms with Crippen molar-refractivity contribution in [2.24, 2.45) is 5.16 Å². The van der Waals surface area contributed by atoms with Gasteiger partial charge in [0.1, 0.15) is 19.2 Å². The Morgan fingerprint density at radius 3 is 2.53 bits per heavy atom. The van der Waals surface area contributed by atoms with Gasteiger partial charge < -0.3 is 14.9 Å². The zero-order valence-corrected chi connectivity index (χ0v) is 18.0. The lowest BCUT2D eigenvalue weighted by Crippen LogP contribution is -2.29. The number of nitrogens with zero attached hydrogens (tertiary/aromatic N) is 3. The van der Waals surface area contributed by atoms with E-state index in [2.05, 4.69) is 20.4 Å². The number of ether oxygens (including phenoxy) is 1. The van der Waals surface area contributed by atoms with Gasteiger partial charge >= 0.3 is 5.88 Å². The maximum absolute atomic E-state index is 14.9. The van der Waals surface area contributed by atoms with Crippen molar-refractivity contribution < 1.29 is 28.5 Å². The van der Waals surface area contributed by atoms with Crippen LogP contribution in [0.1, 0.15) is 11.1 Å². The van der Waals surface area contributed by atoms with Crippen LogP contribution in [-0.2, 0) is 9.63 Å². The Hall–Kier alpha value is -3.92. The Bertz CT molecular complexity index is 1160. The number of amides is 1. The number of oxime groups is 1. The Kier molecular flexibility index (Phi) is 7.40. The number of hydrogen-bond donors (Lipinski definition) is 1. The number of halogens is 2. The molecule has 1 amide bonds. The number of likely N-dealkylation sites (N-methyl/N-ethyl adjacent to an activating group) is 1. The number of benzene rings is 2. The Balaban J connectivity index is 1.85. The van der Waals surface area contributed by atoms with Crippen molar-refractivity contribution in [3.8, 4) is 23.3 Å². The summed E-state index contributed by atoms with van der Waals surface area (Å²) in [5.74, 6) is -2.06. The highest BCUT2D eigenvalue weighted by molar-refractivity contribution is 6.45. The van der Waals surface area contributed by atoms with E-state index in [4.69, 9.17) is 31.0 Å². The summed E-state index contributed by atoms with van der Waals surface area (Å²) in [6.07, 6.45) is 1.05. The van der Waals surface area contributed by atoms with Crippen LogP contribution in [0.5, 0.6) is 23.3 Å². The topological polar surface area (TPSA) is 104 Å². The maximum atomic E-state index is 14.9. The van der Waals surface area contributed by atoms with Gasteiger partial charge in [-0.25, -0.2) is 0 Å².